The minimum Gasteiger partial charge on any atom is -0.321 e. The topological polar surface area (TPSA) is 96.0 Å². The fraction of sp³-hybridized carbons (Fsp3) is 0.158. The molecule has 0 radical (unpaired) electrons. The van der Waals surface area contributed by atoms with Gasteiger partial charge in [-0.05, 0) is 44.0 Å². The van der Waals surface area contributed by atoms with E-state index < -0.39 is 10.8 Å². The molecule has 0 aromatic heterocycles. The smallest absolute Gasteiger partial charge is 0.276 e. The lowest BCUT2D eigenvalue weighted by Gasteiger charge is -2.12. The van der Waals surface area contributed by atoms with Gasteiger partial charge in [0.25, 0.3) is 11.6 Å². The molecule has 1 amide bonds. The SMILES string of the molecule is Cc1cc(C)c(NC(=O)/C(C#N)=C/c2ccccc2[N+](=O)[O-])c(C)c1. The van der Waals surface area contributed by atoms with Crippen LogP contribution in [0.4, 0.5) is 11.4 Å². The molecule has 2 aromatic carbocycles. The van der Waals surface area contributed by atoms with Crippen molar-refractivity contribution in [3.05, 3.63) is 74.3 Å². The summed E-state index contributed by atoms with van der Waals surface area (Å²) >= 11 is 0. The Balaban J connectivity index is 2.38. The Labute approximate surface area is 145 Å². The highest BCUT2D eigenvalue weighted by Crippen LogP contribution is 2.24. The molecular formula is C19H17N3O3. The first-order chi connectivity index (χ1) is 11.8. The Bertz CT molecular complexity index is 901. The monoisotopic (exact) mass is 335 g/mol. The zero-order valence-electron chi connectivity index (χ0n) is 14.2. The summed E-state index contributed by atoms with van der Waals surface area (Å²) in [4.78, 5) is 23.0. The summed E-state index contributed by atoms with van der Waals surface area (Å²) < 4.78 is 0. The molecule has 0 aliphatic carbocycles. The van der Waals surface area contributed by atoms with Gasteiger partial charge in [0.05, 0.1) is 10.5 Å². The molecule has 6 nitrogen and oxygen atoms in total. The molecule has 0 aliphatic rings. The van der Waals surface area contributed by atoms with Crippen molar-refractivity contribution in [1.29, 1.82) is 5.26 Å². The lowest BCUT2D eigenvalue weighted by molar-refractivity contribution is -0.385. The van der Waals surface area contributed by atoms with E-state index in [9.17, 15) is 20.2 Å². The lowest BCUT2D eigenvalue weighted by atomic mass is 10.0. The highest BCUT2D eigenvalue weighted by Gasteiger charge is 2.16. The summed E-state index contributed by atoms with van der Waals surface area (Å²) in [5, 5.41) is 23.1. The van der Waals surface area contributed by atoms with Crippen molar-refractivity contribution in [2.24, 2.45) is 0 Å². The van der Waals surface area contributed by atoms with E-state index in [1.165, 1.54) is 24.3 Å². The largest absolute Gasteiger partial charge is 0.321 e. The number of hydrogen-bond acceptors (Lipinski definition) is 4. The molecule has 0 fully saturated rings. The molecule has 2 rings (SSSR count). The summed E-state index contributed by atoms with van der Waals surface area (Å²) in [5.41, 5.74) is 3.32. The highest BCUT2D eigenvalue weighted by atomic mass is 16.6. The van der Waals surface area contributed by atoms with Gasteiger partial charge in [0.2, 0.25) is 0 Å². The highest BCUT2D eigenvalue weighted by molar-refractivity contribution is 6.10. The van der Waals surface area contributed by atoms with Crippen molar-refractivity contribution < 1.29 is 9.72 Å². The molecule has 126 valence electrons. The summed E-state index contributed by atoms with van der Waals surface area (Å²) in [6.45, 7) is 5.70. The van der Waals surface area contributed by atoms with E-state index in [0.717, 1.165) is 16.7 Å². The number of anilines is 1. The van der Waals surface area contributed by atoms with Gasteiger partial charge >= 0.3 is 0 Å². The van der Waals surface area contributed by atoms with Crippen molar-refractivity contribution >= 4 is 23.4 Å². The van der Waals surface area contributed by atoms with E-state index in [1.54, 1.807) is 6.07 Å². The number of hydrogen-bond donors (Lipinski definition) is 1. The van der Waals surface area contributed by atoms with Crippen molar-refractivity contribution in [1.82, 2.24) is 0 Å². The summed E-state index contributed by atoms with van der Waals surface area (Å²) in [7, 11) is 0. The Hall–Kier alpha value is -3.46. The third-order valence-corrected chi connectivity index (χ3v) is 3.71. The van der Waals surface area contributed by atoms with Gasteiger partial charge in [-0.15, -0.1) is 0 Å². The van der Waals surface area contributed by atoms with Crippen LogP contribution in [0.2, 0.25) is 0 Å². The number of nitriles is 1. The van der Waals surface area contributed by atoms with Gasteiger partial charge < -0.3 is 5.32 Å². The van der Waals surface area contributed by atoms with E-state index in [4.69, 9.17) is 0 Å². The van der Waals surface area contributed by atoms with Crippen LogP contribution in [0.3, 0.4) is 0 Å². The van der Waals surface area contributed by atoms with Gasteiger partial charge in [-0.3, -0.25) is 14.9 Å². The van der Waals surface area contributed by atoms with Gasteiger partial charge in [0.1, 0.15) is 11.6 Å². The molecule has 25 heavy (non-hydrogen) atoms. The van der Waals surface area contributed by atoms with Crippen molar-refractivity contribution in [2.75, 3.05) is 5.32 Å². The third-order valence-electron chi connectivity index (χ3n) is 3.71. The minimum atomic E-state index is -0.601. The molecule has 6 heteroatoms. The number of amides is 1. The second-order valence-electron chi connectivity index (χ2n) is 5.71. The maximum atomic E-state index is 12.4. The average molecular weight is 335 g/mol. The van der Waals surface area contributed by atoms with Crippen LogP contribution < -0.4 is 5.32 Å². The Kier molecular flexibility index (Phi) is 5.30. The third kappa shape index (κ3) is 4.09. The molecular weight excluding hydrogens is 318 g/mol. The van der Waals surface area contributed by atoms with Crippen LogP contribution in [0.5, 0.6) is 0 Å². The molecule has 0 saturated heterocycles. The normalized spacial score (nSPS) is 10.9. The Morgan fingerprint density at radius 1 is 1.20 bits per heavy atom. The van der Waals surface area contributed by atoms with Gasteiger partial charge in [-0.2, -0.15) is 5.26 Å². The molecule has 0 aliphatic heterocycles. The van der Waals surface area contributed by atoms with Crippen LogP contribution in [0.1, 0.15) is 22.3 Å². The number of nitrogens with zero attached hydrogens (tertiary/aromatic N) is 2. The van der Waals surface area contributed by atoms with Crippen molar-refractivity contribution in [3.8, 4) is 6.07 Å². The first kappa shape index (κ1) is 17.9. The average Bonchev–Trinajstić information content (AvgIpc) is 2.55. The van der Waals surface area contributed by atoms with Crippen molar-refractivity contribution in [3.63, 3.8) is 0 Å². The second kappa shape index (κ2) is 7.41. The second-order valence-corrected chi connectivity index (χ2v) is 5.71. The number of para-hydroxylation sites is 1. The summed E-state index contributed by atoms with van der Waals surface area (Å²) in [6, 6.07) is 11.6. The van der Waals surface area contributed by atoms with E-state index in [2.05, 4.69) is 5.32 Å². The van der Waals surface area contributed by atoms with Crippen LogP contribution >= 0.6 is 0 Å². The quantitative estimate of drug-likeness (QED) is 0.394. The standard InChI is InChI=1S/C19H17N3O3/c1-12-8-13(2)18(14(3)9-12)21-19(23)16(11-20)10-15-6-4-5-7-17(15)22(24)25/h4-10H,1-3H3,(H,21,23)/b16-10+. The number of nitro benzene ring substituents is 1. The van der Waals surface area contributed by atoms with Gasteiger partial charge in [-0.1, -0.05) is 29.8 Å². The van der Waals surface area contributed by atoms with Gasteiger partial charge in [-0.25, -0.2) is 0 Å². The molecule has 0 atom stereocenters. The molecule has 2 aromatic rings. The predicted molar refractivity (Wildman–Crippen MR) is 96.0 cm³/mol. The molecule has 0 heterocycles. The number of rotatable bonds is 4. The zero-order valence-corrected chi connectivity index (χ0v) is 14.2. The van der Waals surface area contributed by atoms with Gasteiger partial charge in [0.15, 0.2) is 0 Å². The molecule has 0 saturated carbocycles. The molecule has 0 unspecified atom stereocenters. The number of carbonyl (C=O) groups excluding carboxylic acids is 1. The van der Waals surface area contributed by atoms with Crippen LogP contribution in [0.25, 0.3) is 6.08 Å². The van der Waals surface area contributed by atoms with Crippen molar-refractivity contribution in [2.45, 2.75) is 20.8 Å². The van der Waals surface area contributed by atoms with Crippen LogP contribution in [-0.2, 0) is 4.79 Å². The first-order valence-corrected chi connectivity index (χ1v) is 7.58. The summed E-state index contributed by atoms with van der Waals surface area (Å²) in [5.74, 6) is -0.601. The number of benzene rings is 2. The fourth-order valence-corrected chi connectivity index (χ4v) is 2.64. The Morgan fingerprint density at radius 3 is 2.36 bits per heavy atom. The van der Waals surface area contributed by atoms with Gasteiger partial charge in [0, 0.05) is 11.8 Å². The van der Waals surface area contributed by atoms with Crippen LogP contribution in [0, 0.1) is 42.2 Å². The summed E-state index contributed by atoms with van der Waals surface area (Å²) in [6.07, 6.45) is 1.23. The maximum absolute atomic E-state index is 12.4. The predicted octanol–water partition coefficient (Wildman–Crippen LogP) is 4.07. The van der Waals surface area contributed by atoms with Crippen LogP contribution in [-0.4, -0.2) is 10.8 Å². The number of nitro groups is 1. The zero-order chi connectivity index (χ0) is 18.6. The maximum Gasteiger partial charge on any atom is 0.276 e. The molecule has 0 spiro atoms. The van der Waals surface area contributed by atoms with E-state index in [1.807, 2.05) is 39.0 Å². The van der Waals surface area contributed by atoms with Crippen LogP contribution in [0.15, 0.2) is 42.0 Å². The first-order valence-electron chi connectivity index (χ1n) is 7.58. The van der Waals surface area contributed by atoms with E-state index >= 15 is 0 Å². The minimum absolute atomic E-state index is 0.161. The molecule has 1 N–H and O–H groups in total. The number of carbonyl (C=O) groups is 1. The Morgan fingerprint density at radius 2 is 1.80 bits per heavy atom. The molecule has 0 bridgehead atoms. The number of nitrogens with one attached hydrogen (secondary N) is 1. The number of aryl methyl sites for hydroxylation is 3. The lowest BCUT2D eigenvalue weighted by Crippen LogP contribution is -2.15. The fourth-order valence-electron chi connectivity index (χ4n) is 2.64. The van der Waals surface area contributed by atoms with E-state index in [0.29, 0.717) is 5.69 Å². The van der Waals surface area contributed by atoms with E-state index in [-0.39, 0.29) is 16.8 Å².